The fourth-order valence-electron chi connectivity index (χ4n) is 3.45. The van der Waals surface area contributed by atoms with Crippen molar-refractivity contribution < 1.29 is 49.8 Å². The van der Waals surface area contributed by atoms with Gasteiger partial charge in [0.25, 0.3) is 0 Å². The van der Waals surface area contributed by atoms with Crippen molar-refractivity contribution in [1.82, 2.24) is 9.80 Å². The van der Waals surface area contributed by atoms with Crippen LogP contribution in [-0.4, -0.2) is 90.5 Å². The third-order valence-corrected chi connectivity index (χ3v) is 4.90. The van der Waals surface area contributed by atoms with Gasteiger partial charge < -0.3 is 30.6 Å². The highest BCUT2D eigenvalue weighted by Gasteiger charge is 2.17. The van der Waals surface area contributed by atoms with Crippen LogP contribution in [0.4, 0.5) is 0 Å². The number of rotatable bonds is 14. The van der Waals surface area contributed by atoms with Crippen LogP contribution in [0.2, 0.25) is 0 Å². The molecule has 0 heterocycles. The molecular formula is C24H26N2O10. The van der Waals surface area contributed by atoms with Crippen LogP contribution in [0.25, 0.3) is 12.2 Å². The molecule has 0 aliphatic heterocycles. The van der Waals surface area contributed by atoms with Gasteiger partial charge >= 0.3 is 23.9 Å². The van der Waals surface area contributed by atoms with Crippen LogP contribution in [0, 0.1) is 0 Å². The number of benzene rings is 2. The minimum absolute atomic E-state index is 0.113. The zero-order chi connectivity index (χ0) is 26.8. The Morgan fingerprint density at radius 3 is 1.17 bits per heavy atom. The average molecular weight is 502 g/mol. The molecule has 192 valence electrons. The topological polar surface area (TPSA) is 196 Å². The van der Waals surface area contributed by atoms with E-state index in [4.69, 9.17) is 20.4 Å². The third-order valence-electron chi connectivity index (χ3n) is 4.90. The molecule has 0 amide bonds. The molecule has 6 N–H and O–H groups in total. The molecular weight excluding hydrogens is 476 g/mol. The molecule has 36 heavy (non-hydrogen) atoms. The predicted octanol–water partition coefficient (Wildman–Crippen LogP) is 1.21. The first kappa shape index (κ1) is 27.8. The number of hydrogen-bond donors (Lipinski definition) is 6. The maximum absolute atomic E-state index is 11.0. The molecule has 0 radical (unpaired) electrons. The van der Waals surface area contributed by atoms with E-state index in [0.717, 1.165) is 9.80 Å². The monoisotopic (exact) mass is 502 g/mol. The fraction of sp³-hybridized carbons (Fsp3) is 0.250. The van der Waals surface area contributed by atoms with Crippen molar-refractivity contribution in [3.05, 3.63) is 58.7 Å². The van der Waals surface area contributed by atoms with Crippen molar-refractivity contribution >= 4 is 36.0 Å². The Balaban J connectivity index is 2.23. The molecule has 2 rings (SSSR count). The summed E-state index contributed by atoms with van der Waals surface area (Å²) in [5, 5.41) is 56.3. The van der Waals surface area contributed by atoms with Crippen molar-refractivity contribution in [1.29, 1.82) is 0 Å². The molecule has 0 saturated heterocycles. The van der Waals surface area contributed by atoms with Gasteiger partial charge in [-0.2, -0.15) is 0 Å². The number of aromatic hydroxyl groups is 2. The van der Waals surface area contributed by atoms with Gasteiger partial charge in [0.05, 0.1) is 26.2 Å². The summed E-state index contributed by atoms with van der Waals surface area (Å²) >= 11 is 0. The van der Waals surface area contributed by atoms with E-state index < -0.39 is 50.1 Å². The summed E-state index contributed by atoms with van der Waals surface area (Å²) in [6, 6.07) is 9.13. The lowest BCUT2D eigenvalue weighted by Gasteiger charge is -2.19. The van der Waals surface area contributed by atoms with Gasteiger partial charge in [-0.05, 0) is 35.4 Å². The van der Waals surface area contributed by atoms with E-state index in [-0.39, 0.29) is 24.6 Å². The van der Waals surface area contributed by atoms with Gasteiger partial charge in [0.1, 0.15) is 11.5 Å². The van der Waals surface area contributed by atoms with E-state index in [1.807, 2.05) is 0 Å². The molecule has 0 aliphatic carbocycles. The maximum atomic E-state index is 11.0. The van der Waals surface area contributed by atoms with Crippen LogP contribution in [0.15, 0.2) is 36.4 Å². The van der Waals surface area contributed by atoms with E-state index in [9.17, 15) is 29.4 Å². The second-order valence-electron chi connectivity index (χ2n) is 7.97. The molecule has 0 aliphatic rings. The Labute approximate surface area is 205 Å². The summed E-state index contributed by atoms with van der Waals surface area (Å²) in [5.74, 6) is -5.09. The van der Waals surface area contributed by atoms with Gasteiger partial charge in [0.2, 0.25) is 0 Å². The Bertz CT molecular complexity index is 1040. The van der Waals surface area contributed by atoms with E-state index in [2.05, 4.69) is 0 Å². The number of carboxylic acid groups (broad SMARTS) is 4. The summed E-state index contributed by atoms with van der Waals surface area (Å²) in [6.07, 6.45) is 3.34. The van der Waals surface area contributed by atoms with Crippen LogP contribution in [0.5, 0.6) is 11.5 Å². The van der Waals surface area contributed by atoms with Crippen LogP contribution < -0.4 is 0 Å². The smallest absolute Gasteiger partial charge is 0.317 e. The Morgan fingerprint density at radius 2 is 0.889 bits per heavy atom. The Kier molecular flexibility index (Phi) is 9.95. The molecule has 2 aromatic carbocycles. The Hall–Kier alpha value is -4.42. The molecule has 12 heteroatoms. The van der Waals surface area contributed by atoms with Gasteiger partial charge in [-0.1, -0.05) is 24.3 Å². The summed E-state index contributed by atoms with van der Waals surface area (Å²) in [4.78, 5) is 46.4. The molecule has 0 unspecified atom stereocenters. The zero-order valence-corrected chi connectivity index (χ0v) is 19.1. The quantitative estimate of drug-likeness (QED) is 0.202. The van der Waals surface area contributed by atoms with Crippen LogP contribution in [-0.2, 0) is 32.3 Å². The van der Waals surface area contributed by atoms with Crippen molar-refractivity contribution in [2.45, 2.75) is 13.1 Å². The lowest BCUT2D eigenvalue weighted by molar-refractivity contribution is -0.144. The molecule has 0 atom stereocenters. The minimum Gasteiger partial charge on any atom is -0.508 e. The molecule has 0 fully saturated rings. The van der Waals surface area contributed by atoms with E-state index in [1.54, 1.807) is 36.4 Å². The number of phenolic OH excluding ortho intramolecular Hbond substituents is 2. The number of nitrogens with zero attached hydrogens (tertiary/aromatic N) is 2. The highest BCUT2D eigenvalue weighted by molar-refractivity contribution is 5.74. The van der Waals surface area contributed by atoms with Crippen molar-refractivity contribution in [3.8, 4) is 11.5 Å². The second kappa shape index (κ2) is 12.9. The molecule has 0 spiro atoms. The summed E-state index contributed by atoms with van der Waals surface area (Å²) in [7, 11) is 0. The maximum Gasteiger partial charge on any atom is 0.317 e. The SMILES string of the molecule is O=C(O)CN(CC(=O)O)Cc1cc(/C=C/c2ccc(O)c(CN(CC(=O)O)CC(=O)O)c2)ccc1O. The summed E-state index contributed by atoms with van der Waals surface area (Å²) in [5.41, 5.74) is 1.87. The third kappa shape index (κ3) is 9.44. The highest BCUT2D eigenvalue weighted by Crippen LogP contribution is 2.24. The Morgan fingerprint density at radius 1 is 0.583 bits per heavy atom. The van der Waals surface area contributed by atoms with E-state index >= 15 is 0 Å². The molecule has 12 nitrogen and oxygen atoms in total. The summed E-state index contributed by atoms with van der Waals surface area (Å²) in [6.45, 7) is -2.33. The van der Waals surface area contributed by atoms with E-state index in [1.165, 1.54) is 12.1 Å². The normalized spacial score (nSPS) is 11.3. The van der Waals surface area contributed by atoms with Gasteiger partial charge in [-0.25, -0.2) is 0 Å². The van der Waals surface area contributed by atoms with Crippen LogP contribution in [0.1, 0.15) is 22.3 Å². The fourth-order valence-corrected chi connectivity index (χ4v) is 3.45. The van der Waals surface area contributed by atoms with Gasteiger partial charge in [0.15, 0.2) is 0 Å². The van der Waals surface area contributed by atoms with Crippen LogP contribution in [0.3, 0.4) is 0 Å². The van der Waals surface area contributed by atoms with Crippen LogP contribution >= 0.6 is 0 Å². The first-order chi connectivity index (χ1) is 16.9. The molecule has 0 saturated carbocycles. The number of carbonyl (C=O) groups is 4. The molecule has 0 bridgehead atoms. The standard InChI is InChI=1S/C24H26N2O10/c27-19-5-3-15(7-17(19)9-25(11-21(29)30)12-22(31)32)1-2-16-4-6-20(28)18(8-16)10-26(13-23(33)34)14-24(35)36/h1-8,27-28H,9-14H2,(H,29,30)(H,31,32)(H,33,34)(H,35,36)/b2-1+. The first-order valence-electron chi connectivity index (χ1n) is 10.6. The lowest BCUT2D eigenvalue weighted by atomic mass is 10.1. The largest absolute Gasteiger partial charge is 0.508 e. The molecule has 0 aromatic heterocycles. The number of carboxylic acids is 4. The number of phenols is 2. The van der Waals surface area contributed by atoms with E-state index in [0.29, 0.717) is 22.3 Å². The predicted molar refractivity (Wildman–Crippen MR) is 126 cm³/mol. The summed E-state index contributed by atoms with van der Waals surface area (Å²) < 4.78 is 0. The second-order valence-corrected chi connectivity index (χ2v) is 7.97. The average Bonchev–Trinajstić information content (AvgIpc) is 2.74. The minimum atomic E-state index is -1.21. The lowest BCUT2D eigenvalue weighted by Crippen LogP contribution is -2.34. The number of hydrogen-bond acceptors (Lipinski definition) is 8. The van der Waals surface area contributed by atoms with Gasteiger partial charge in [-0.3, -0.25) is 29.0 Å². The van der Waals surface area contributed by atoms with Gasteiger partial charge in [-0.15, -0.1) is 0 Å². The first-order valence-corrected chi connectivity index (χ1v) is 10.6. The van der Waals surface area contributed by atoms with Crippen molar-refractivity contribution in [3.63, 3.8) is 0 Å². The highest BCUT2D eigenvalue weighted by atomic mass is 16.4. The molecule has 2 aromatic rings. The van der Waals surface area contributed by atoms with Crippen molar-refractivity contribution in [2.75, 3.05) is 26.2 Å². The number of aliphatic carboxylic acids is 4. The zero-order valence-electron chi connectivity index (χ0n) is 19.1. The van der Waals surface area contributed by atoms with Gasteiger partial charge in [0, 0.05) is 24.2 Å². The van der Waals surface area contributed by atoms with Crippen molar-refractivity contribution in [2.24, 2.45) is 0 Å².